The molecule has 1 amide bonds. The predicted octanol–water partition coefficient (Wildman–Crippen LogP) is 4.89. The van der Waals surface area contributed by atoms with Crippen molar-refractivity contribution in [2.75, 3.05) is 5.32 Å². The van der Waals surface area contributed by atoms with Crippen LogP contribution in [0.5, 0.6) is 11.6 Å². The van der Waals surface area contributed by atoms with Crippen molar-refractivity contribution in [1.82, 2.24) is 14.5 Å². The Labute approximate surface area is 172 Å². The van der Waals surface area contributed by atoms with E-state index in [-0.39, 0.29) is 12.3 Å². The van der Waals surface area contributed by atoms with Gasteiger partial charge in [-0.15, -0.1) is 0 Å². The van der Waals surface area contributed by atoms with Crippen LogP contribution >= 0.6 is 11.6 Å². The van der Waals surface area contributed by atoms with E-state index >= 15 is 0 Å². The van der Waals surface area contributed by atoms with Gasteiger partial charge in [-0.2, -0.15) is 0 Å². The third-order valence-corrected chi connectivity index (χ3v) is 4.39. The third kappa shape index (κ3) is 5.00. The van der Waals surface area contributed by atoms with Gasteiger partial charge in [0.15, 0.2) is 0 Å². The number of nitrogens with one attached hydrogen (secondary N) is 1. The molecule has 29 heavy (non-hydrogen) atoms. The number of ether oxygens (including phenoxy) is 1. The standard InChI is InChI=1S/C22H17ClN4O2/c23-17-5-3-16(4-6-17)13-21(28)26-18-7-9-19(10-8-18)29-22-14-20(24-15-25-22)27-11-1-2-12-27/h1-12,14-15H,13H2,(H,26,28). The molecular formula is C22H17ClN4O2. The van der Waals surface area contributed by atoms with Crippen molar-refractivity contribution in [3.63, 3.8) is 0 Å². The molecule has 0 aliphatic heterocycles. The Kier molecular flexibility index (Phi) is 5.54. The molecule has 6 nitrogen and oxygen atoms in total. The molecule has 144 valence electrons. The summed E-state index contributed by atoms with van der Waals surface area (Å²) in [7, 11) is 0. The molecular weight excluding hydrogens is 388 g/mol. The Morgan fingerprint density at radius 2 is 1.72 bits per heavy atom. The molecule has 2 heterocycles. The van der Waals surface area contributed by atoms with E-state index in [2.05, 4.69) is 15.3 Å². The molecule has 4 rings (SSSR count). The summed E-state index contributed by atoms with van der Waals surface area (Å²) in [6.45, 7) is 0. The molecule has 7 heteroatoms. The van der Waals surface area contributed by atoms with Crippen molar-refractivity contribution < 1.29 is 9.53 Å². The summed E-state index contributed by atoms with van der Waals surface area (Å²) in [6, 6.07) is 19.9. The quantitative estimate of drug-likeness (QED) is 0.496. The van der Waals surface area contributed by atoms with E-state index in [0.717, 1.165) is 5.56 Å². The average molecular weight is 405 g/mol. The lowest BCUT2D eigenvalue weighted by molar-refractivity contribution is -0.115. The molecule has 0 unspecified atom stereocenters. The van der Waals surface area contributed by atoms with Crippen molar-refractivity contribution in [1.29, 1.82) is 0 Å². The zero-order valence-corrected chi connectivity index (χ0v) is 16.1. The number of benzene rings is 2. The Morgan fingerprint density at radius 1 is 1.00 bits per heavy atom. The first kappa shape index (κ1) is 18.7. The van der Waals surface area contributed by atoms with E-state index in [4.69, 9.17) is 16.3 Å². The first-order valence-electron chi connectivity index (χ1n) is 8.93. The maximum atomic E-state index is 12.2. The monoisotopic (exact) mass is 404 g/mol. The van der Waals surface area contributed by atoms with E-state index in [0.29, 0.717) is 28.2 Å². The highest BCUT2D eigenvalue weighted by molar-refractivity contribution is 6.30. The summed E-state index contributed by atoms with van der Waals surface area (Å²) in [5.74, 6) is 1.65. The van der Waals surface area contributed by atoms with Crippen LogP contribution in [-0.2, 0) is 11.2 Å². The van der Waals surface area contributed by atoms with Crippen molar-refractivity contribution in [3.8, 4) is 17.4 Å². The van der Waals surface area contributed by atoms with Gasteiger partial charge in [-0.1, -0.05) is 23.7 Å². The smallest absolute Gasteiger partial charge is 0.228 e. The second kappa shape index (κ2) is 8.58. The van der Waals surface area contributed by atoms with Gasteiger partial charge in [0.05, 0.1) is 6.42 Å². The normalized spacial score (nSPS) is 10.5. The highest BCUT2D eigenvalue weighted by atomic mass is 35.5. The van der Waals surface area contributed by atoms with Gasteiger partial charge in [-0.3, -0.25) is 4.79 Å². The van der Waals surface area contributed by atoms with Crippen molar-refractivity contribution in [2.24, 2.45) is 0 Å². The molecule has 0 atom stereocenters. The Hall–Kier alpha value is -3.64. The number of nitrogens with zero attached hydrogens (tertiary/aromatic N) is 3. The number of hydrogen-bond acceptors (Lipinski definition) is 4. The zero-order valence-electron chi connectivity index (χ0n) is 15.3. The molecule has 0 aliphatic rings. The van der Waals surface area contributed by atoms with Gasteiger partial charge < -0.3 is 14.6 Å². The van der Waals surface area contributed by atoms with Gasteiger partial charge in [-0.05, 0) is 54.1 Å². The first-order chi connectivity index (χ1) is 14.2. The molecule has 0 aliphatic carbocycles. The van der Waals surface area contributed by atoms with E-state index in [1.54, 1.807) is 42.5 Å². The Morgan fingerprint density at radius 3 is 2.45 bits per heavy atom. The average Bonchev–Trinajstić information content (AvgIpc) is 3.26. The van der Waals surface area contributed by atoms with Gasteiger partial charge in [0.25, 0.3) is 0 Å². The number of anilines is 1. The summed E-state index contributed by atoms with van der Waals surface area (Å²) < 4.78 is 7.66. The van der Waals surface area contributed by atoms with Crippen LogP contribution in [0.25, 0.3) is 5.82 Å². The number of carbonyl (C=O) groups excluding carboxylic acids is 1. The highest BCUT2D eigenvalue weighted by Gasteiger charge is 2.06. The molecule has 0 spiro atoms. The summed E-state index contributed by atoms with van der Waals surface area (Å²) in [6.07, 6.45) is 5.52. The molecule has 2 aromatic heterocycles. The largest absolute Gasteiger partial charge is 0.439 e. The van der Waals surface area contributed by atoms with E-state index in [1.807, 2.05) is 41.2 Å². The number of rotatable bonds is 6. The highest BCUT2D eigenvalue weighted by Crippen LogP contribution is 2.22. The fraction of sp³-hybridized carbons (Fsp3) is 0.0455. The van der Waals surface area contributed by atoms with Crippen LogP contribution in [0.4, 0.5) is 5.69 Å². The SMILES string of the molecule is O=C(Cc1ccc(Cl)cc1)Nc1ccc(Oc2cc(-n3cccc3)ncn2)cc1. The van der Waals surface area contributed by atoms with Crippen LogP contribution in [0.15, 0.2) is 85.5 Å². The fourth-order valence-corrected chi connectivity index (χ4v) is 2.86. The Bertz CT molecular complexity index is 1090. The van der Waals surface area contributed by atoms with Gasteiger partial charge in [-0.25, -0.2) is 9.97 Å². The van der Waals surface area contributed by atoms with E-state index in [1.165, 1.54) is 6.33 Å². The zero-order chi connectivity index (χ0) is 20.1. The number of hydrogen-bond donors (Lipinski definition) is 1. The summed E-state index contributed by atoms with van der Waals surface area (Å²) >= 11 is 5.86. The number of amides is 1. The molecule has 0 fully saturated rings. The van der Waals surface area contributed by atoms with Crippen molar-refractivity contribution in [2.45, 2.75) is 6.42 Å². The lowest BCUT2D eigenvalue weighted by atomic mass is 10.1. The second-order valence-corrected chi connectivity index (χ2v) is 6.72. The minimum Gasteiger partial charge on any atom is -0.439 e. The van der Waals surface area contributed by atoms with Gasteiger partial charge in [0, 0.05) is 29.2 Å². The van der Waals surface area contributed by atoms with Crippen LogP contribution in [0.3, 0.4) is 0 Å². The minimum absolute atomic E-state index is 0.104. The molecule has 0 saturated heterocycles. The molecule has 1 N–H and O–H groups in total. The van der Waals surface area contributed by atoms with Crippen LogP contribution < -0.4 is 10.1 Å². The fourth-order valence-electron chi connectivity index (χ4n) is 2.73. The molecule has 0 radical (unpaired) electrons. The maximum Gasteiger partial charge on any atom is 0.228 e. The van der Waals surface area contributed by atoms with Crippen LogP contribution in [-0.4, -0.2) is 20.4 Å². The van der Waals surface area contributed by atoms with E-state index in [9.17, 15) is 4.79 Å². The lowest BCUT2D eigenvalue weighted by Gasteiger charge is -2.09. The molecule has 2 aromatic carbocycles. The van der Waals surface area contributed by atoms with Crippen LogP contribution in [0, 0.1) is 0 Å². The van der Waals surface area contributed by atoms with Crippen LogP contribution in [0.1, 0.15) is 5.56 Å². The summed E-state index contributed by atoms with van der Waals surface area (Å²) in [5, 5.41) is 3.51. The minimum atomic E-state index is -0.104. The number of carbonyl (C=O) groups is 1. The summed E-state index contributed by atoms with van der Waals surface area (Å²) in [5.41, 5.74) is 1.58. The van der Waals surface area contributed by atoms with Crippen molar-refractivity contribution >= 4 is 23.2 Å². The van der Waals surface area contributed by atoms with Gasteiger partial charge in [0.1, 0.15) is 17.9 Å². The topological polar surface area (TPSA) is 69.0 Å². The number of aromatic nitrogens is 3. The predicted molar refractivity (Wildman–Crippen MR) is 112 cm³/mol. The Balaban J connectivity index is 1.37. The number of halogens is 1. The first-order valence-corrected chi connectivity index (χ1v) is 9.31. The maximum absolute atomic E-state index is 12.2. The summed E-state index contributed by atoms with van der Waals surface area (Å²) in [4.78, 5) is 20.6. The van der Waals surface area contributed by atoms with Crippen molar-refractivity contribution in [3.05, 3.63) is 96.0 Å². The lowest BCUT2D eigenvalue weighted by Crippen LogP contribution is -2.14. The molecule has 0 saturated carbocycles. The molecule has 4 aromatic rings. The molecule has 0 bridgehead atoms. The van der Waals surface area contributed by atoms with Gasteiger partial charge >= 0.3 is 0 Å². The third-order valence-electron chi connectivity index (χ3n) is 4.13. The van der Waals surface area contributed by atoms with Crippen LogP contribution in [0.2, 0.25) is 5.02 Å². The van der Waals surface area contributed by atoms with E-state index < -0.39 is 0 Å². The van der Waals surface area contributed by atoms with Gasteiger partial charge in [0.2, 0.25) is 11.8 Å². The second-order valence-electron chi connectivity index (χ2n) is 6.28.